The summed E-state index contributed by atoms with van der Waals surface area (Å²) in [5.41, 5.74) is 3.25. The van der Waals surface area contributed by atoms with Gasteiger partial charge in [-0.1, -0.05) is 47.5 Å². The highest BCUT2D eigenvalue weighted by Crippen LogP contribution is 2.34. The number of halogens is 1. The molecular formula is C24H27ClN2O3. The number of ether oxygens (including phenoxy) is 3. The van der Waals surface area contributed by atoms with E-state index in [9.17, 15) is 0 Å². The maximum atomic E-state index is 6.50. The van der Waals surface area contributed by atoms with Crippen molar-refractivity contribution >= 4 is 11.6 Å². The summed E-state index contributed by atoms with van der Waals surface area (Å²) in [6.45, 7) is 6.81. The van der Waals surface area contributed by atoms with Crippen molar-refractivity contribution in [3.05, 3.63) is 82.5 Å². The summed E-state index contributed by atoms with van der Waals surface area (Å²) in [6.07, 6.45) is 1.71. The number of nitrogens with zero attached hydrogens (tertiary/aromatic N) is 1. The van der Waals surface area contributed by atoms with Crippen LogP contribution in [0.3, 0.4) is 0 Å². The summed E-state index contributed by atoms with van der Waals surface area (Å²) in [5.74, 6) is 1.95. The number of hydrogen-bond acceptors (Lipinski definition) is 5. The van der Waals surface area contributed by atoms with Crippen molar-refractivity contribution in [3.8, 4) is 17.4 Å². The number of nitrogens with one attached hydrogen (secondary N) is 1. The van der Waals surface area contributed by atoms with E-state index >= 15 is 0 Å². The Hall–Kier alpha value is -2.76. The normalized spacial score (nSPS) is 10.6. The summed E-state index contributed by atoms with van der Waals surface area (Å²) in [6, 6.07) is 17.6. The van der Waals surface area contributed by atoms with Gasteiger partial charge in [0.25, 0.3) is 0 Å². The first-order valence-electron chi connectivity index (χ1n) is 10.0. The van der Waals surface area contributed by atoms with Crippen LogP contribution in [-0.2, 0) is 13.2 Å². The van der Waals surface area contributed by atoms with Crippen molar-refractivity contribution in [1.29, 1.82) is 0 Å². The third-order valence-corrected chi connectivity index (χ3v) is 4.72. The first-order valence-corrected chi connectivity index (χ1v) is 10.4. The molecule has 0 amide bonds. The highest BCUT2D eigenvalue weighted by Gasteiger charge is 2.12. The lowest BCUT2D eigenvalue weighted by Crippen LogP contribution is -2.21. The van der Waals surface area contributed by atoms with Gasteiger partial charge >= 0.3 is 0 Å². The SMILES string of the molecule is CCOc1cc(CNCCOc2ccccn2)c(Cl)cc1OCc1cccc(C)c1. The molecule has 0 atom stereocenters. The molecule has 5 nitrogen and oxygen atoms in total. The van der Waals surface area contributed by atoms with Crippen molar-refractivity contribution in [3.63, 3.8) is 0 Å². The van der Waals surface area contributed by atoms with Crippen LogP contribution in [-0.4, -0.2) is 24.7 Å². The highest BCUT2D eigenvalue weighted by atomic mass is 35.5. The maximum absolute atomic E-state index is 6.50. The average Bonchev–Trinajstić information content (AvgIpc) is 2.75. The van der Waals surface area contributed by atoms with E-state index in [4.69, 9.17) is 25.8 Å². The van der Waals surface area contributed by atoms with Gasteiger partial charge in [0, 0.05) is 36.4 Å². The molecule has 0 fully saturated rings. The van der Waals surface area contributed by atoms with E-state index < -0.39 is 0 Å². The average molecular weight is 427 g/mol. The predicted octanol–water partition coefficient (Wildman–Crippen LogP) is 5.19. The van der Waals surface area contributed by atoms with Crippen LogP contribution in [0.25, 0.3) is 0 Å². The largest absolute Gasteiger partial charge is 0.490 e. The van der Waals surface area contributed by atoms with Gasteiger partial charge in [-0.25, -0.2) is 4.98 Å². The molecule has 3 aromatic rings. The number of rotatable bonds is 11. The standard InChI is InChI=1S/C24H27ClN2O3/c1-3-28-22-14-20(16-26-11-12-29-24-9-4-5-10-27-24)21(25)15-23(22)30-17-19-8-6-7-18(2)13-19/h4-10,13-15,26H,3,11-12,16-17H2,1-2H3. The Kier molecular flexibility index (Phi) is 8.36. The lowest BCUT2D eigenvalue weighted by atomic mass is 10.1. The second-order valence-corrected chi connectivity index (χ2v) is 7.20. The number of hydrogen-bond donors (Lipinski definition) is 1. The second-order valence-electron chi connectivity index (χ2n) is 6.79. The summed E-state index contributed by atoms with van der Waals surface area (Å²) < 4.78 is 17.4. The minimum absolute atomic E-state index is 0.459. The molecule has 1 aromatic heterocycles. The van der Waals surface area contributed by atoms with Crippen molar-refractivity contribution in [2.75, 3.05) is 19.8 Å². The zero-order valence-electron chi connectivity index (χ0n) is 17.4. The van der Waals surface area contributed by atoms with Crippen LogP contribution in [0.4, 0.5) is 0 Å². The molecule has 0 aliphatic rings. The molecule has 0 saturated carbocycles. The molecule has 0 radical (unpaired) electrons. The number of benzene rings is 2. The monoisotopic (exact) mass is 426 g/mol. The molecule has 0 spiro atoms. The molecule has 0 bridgehead atoms. The van der Waals surface area contributed by atoms with Crippen LogP contribution >= 0.6 is 11.6 Å². The van der Waals surface area contributed by atoms with Gasteiger partial charge in [0.15, 0.2) is 11.5 Å². The number of aryl methyl sites for hydroxylation is 1. The molecule has 6 heteroatoms. The summed E-state index contributed by atoms with van der Waals surface area (Å²) >= 11 is 6.50. The van der Waals surface area contributed by atoms with E-state index in [1.165, 1.54) is 5.56 Å². The van der Waals surface area contributed by atoms with E-state index in [-0.39, 0.29) is 0 Å². The van der Waals surface area contributed by atoms with Gasteiger partial charge in [-0.2, -0.15) is 0 Å². The van der Waals surface area contributed by atoms with E-state index in [0.29, 0.717) is 55.3 Å². The Labute approximate surface area is 183 Å². The van der Waals surface area contributed by atoms with Crippen molar-refractivity contribution in [2.24, 2.45) is 0 Å². The van der Waals surface area contributed by atoms with Gasteiger partial charge in [0.1, 0.15) is 13.2 Å². The summed E-state index contributed by atoms with van der Waals surface area (Å²) in [7, 11) is 0. The second kappa shape index (κ2) is 11.4. The van der Waals surface area contributed by atoms with E-state index in [2.05, 4.69) is 29.4 Å². The molecule has 0 aliphatic heterocycles. The van der Waals surface area contributed by atoms with Gasteiger partial charge in [-0.15, -0.1) is 0 Å². The van der Waals surface area contributed by atoms with E-state index in [1.54, 1.807) is 6.20 Å². The Morgan fingerprint density at radius 2 is 1.83 bits per heavy atom. The Balaban J connectivity index is 1.56. The molecule has 1 heterocycles. The third kappa shape index (κ3) is 6.65. The molecule has 1 N–H and O–H groups in total. The lowest BCUT2D eigenvalue weighted by molar-refractivity contribution is 0.269. The summed E-state index contributed by atoms with van der Waals surface area (Å²) in [5, 5.41) is 3.97. The summed E-state index contributed by atoms with van der Waals surface area (Å²) in [4.78, 5) is 4.13. The smallest absolute Gasteiger partial charge is 0.213 e. The Morgan fingerprint density at radius 3 is 2.60 bits per heavy atom. The van der Waals surface area contributed by atoms with Gasteiger partial charge in [0.05, 0.1) is 6.61 Å². The van der Waals surface area contributed by atoms with E-state index in [0.717, 1.165) is 11.1 Å². The Morgan fingerprint density at radius 1 is 0.967 bits per heavy atom. The minimum Gasteiger partial charge on any atom is -0.490 e. The van der Waals surface area contributed by atoms with Gasteiger partial charge < -0.3 is 19.5 Å². The van der Waals surface area contributed by atoms with Crippen molar-refractivity contribution in [1.82, 2.24) is 10.3 Å². The molecule has 30 heavy (non-hydrogen) atoms. The molecule has 2 aromatic carbocycles. The first kappa shape index (κ1) is 21.9. The first-order chi connectivity index (χ1) is 14.7. The van der Waals surface area contributed by atoms with Crippen LogP contribution in [0.15, 0.2) is 60.8 Å². The molecule has 3 rings (SSSR count). The molecule has 0 saturated heterocycles. The minimum atomic E-state index is 0.459. The van der Waals surface area contributed by atoms with Crippen molar-refractivity contribution in [2.45, 2.75) is 27.0 Å². The van der Waals surface area contributed by atoms with Crippen LogP contribution in [0, 0.1) is 6.92 Å². The molecule has 0 unspecified atom stereocenters. The Bertz CT molecular complexity index is 935. The number of pyridine rings is 1. The lowest BCUT2D eigenvalue weighted by Gasteiger charge is -2.15. The molecule has 158 valence electrons. The zero-order chi connectivity index (χ0) is 21.2. The topological polar surface area (TPSA) is 52.6 Å². The molecule has 0 aliphatic carbocycles. The van der Waals surface area contributed by atoms with Gasteiger partial charge in [-0.3, -0.25) is 0 Å². The van der Waals surface area contributed by atoms with E-state index in [1.807, 2.05) is 49.4 Å². The van der Waals surface area contributed by atoms with Gasteiger partial charge in [0.2, 0.25) is 5.88 Å². The van der Waals surface area contributed by atoms with Crippen LogP contribution in [0.2, 0.25) is 5.02 Å². The fraction of sp³-hybridized carbons (Fsp3) is 0.292. The van der Waals surface area contributed by atoms with Gasteiger partial charge in [-0.05, 0) is 37.1 Å². The quantitative estimate of drug-likeness (QED) is 0.427. The zero-order valence-corrected chi connectivity index (χ0v) is 18.1. The number of aromatic nitrogens is 1. The highest BCUT2D eigenvalue weighted by molar-refractivity contribution is 6.31. The predicted molar refractivity (Wildman–Crippen MR) is 120 cm³/mol. The van der Waals surface area contributed by atoms with Crippen LogP contribution in [0.5, 0.6) is 17.4 Å². The fourth-order valence-electron chi connectivity index (χ4n) is 2.94. The van der Waals surface area contributed by atoms with Crippen LogP contribution in [0.1, 0.15) is 23.6 Å². The van der Waals surface area contributed by atoms with Crippen molar-refractivity contribution < 1.29 is 14.2 Å². The maximum Gasteiger partial charge on any atom is 0.213 e. The fourth-order valence-corrected chi connectivity index (χ4v) is 3.16. The third-order valence-electron chi connectivity index (χ3n) is 4.37. The molecular weight excluding hydrogens is 400 g/mol. The van der Waals surface area contributed by atoms with Crippen LogP contribution < -0.4 is 19.5 Å².